The van der Waals surface area contributed by atoms with Gasteiger partial charge in [0, 0.05) is 24.5 Å². The van der Waals surface area contributed by atoms with Crippen LogP contribution in [0.2, 0.25) is 5.02 Å². The van der Waals surface area contributed by atoms with Crippen LogP contribution in [0.1, 0.15) is 41.1 Å². The highest BCUT2D eigenvalue weighted by molar-refractivity contribution is 6.30. The summed E-state index contributed by atoms with van der Waals surface area (Å²) in [4.78, 5) is 13.2. The lowest BCUT2D eigenvalue weighted by Crippen LogP contribution is -2.37. The van der Waals surface area contributed by atoms with E-state index < -0.39 is 5.97 Å². The Labute approximate surface area is 194 Å². The van der Waals surface area contributed by atoms with E-state index in [0.717, 1.165) is 42.3 Å². The van der Waals surface area contributed by atoms with Crippen molar-refractivity contribution in [1.82, 2.24) is 4.90 Å². The topological polar surface area (TPSA) is 49.8 Å². The lowest BCUT2D eigenvalue weighted by molar-refractivity contribution is -0.136. The van der Waals surface area contributed by atoms with Crippen molar-refractivity contribution in [3.05, 3.63) is 100 Å². The molecular weight excluding hydrogens is 422 g/mol. The molecule has 0 saturated heterocycles. The number of halogens is 1. The third-order valence-electron chi connectivity index (χ3n) is 5.98. The van der Waals surface area contributed by atoms with Gasteiger partial charge in [0.2, 0.25) is 0 Å². The minimum Gasteiger partial charge on any atom is -0.494 e. The molecule has 1 aliphatic heterocycles. The molecule has 3 aromatic rings. The minimum absolute atomic E-state index is 0.147. The fourth-order valence-corrected chi connectivity index (χ4v) is 4.48. The fourth-order valence-electron chi connectivity index (χ4n) is 4.36. The van der Waals surface area contributed by atoms with Gasteiger partial charge in [-0.1, -0.05) is 60.1 Å². The van der Waals surface area contributed by atoms with Gasteiger partial charge in [-0.2, -0.15) is 0 Å². The van der Waals surface area contributed by atoms with Crippen LogP contribution >= 0.6 is 11.6 Å². The van der Waals surface area contributed by atoms with Crippen LogP contribution in [-0.4, -0.2) is 35.7 Å². The molecule has 3 aromatic carbocycles. The first kappa shape index (κ1) is 22.4. The summed E-state index contributed by atoms with van der Waals surface area (Å²) in [7, 11) is 0. The first-order valence-corrected chi connectivity index (χ1v) is 11.5. The largest absolute Gasteiger partial charge is 0.494 e. The van der Waals surface area contributed by atoms with Crippen molar-refractivity contribution < 1.29 is 14.6 Å². The van der Waals surface area contributed by atoms with Crippen molar-refractivity contribution in [2.24, 2.45) is 0 Å². The Bertz CT molecular complexity index is 1030. The molecule has 0 aliphatic carbocycles. The molecule has 1 aliphatic rings. The molecule has 0 aromatic heterocycles. The highest BCUT2D eigenvalue weighted by atomic mass is 35.5. The molecule has 0 radical (unpaired) electrons. The van der Waals surface area contributed by atoms with Crippen molar-refractivity contribution in [3.8, 4) is 5.75 Å². The molecule has 1 heterocycles. The Morgan fingerprint density at radius 3 is 2.53 bits per heavy atom. The van der Waals surface area contributed by atoms with Gasteiger partial charge in [-0.25, -0.2) is 0 Å². The molecule has 0 bridgehead atoms. The van der Waals surface area contributed by atoms with Crippen LogP contribution in [0.5, 0.6) is 5.75 Å². The third kappa shape index (κ3) is 5.70. The second-order valence-corrected chi connectivity index (χ2v) is 8.62. The van der Waals surface area contributed by atoms with Crippen LogP contribution in [-0.2, 0) is 17.6 Å². The highest BCUT2D eigenvalue weighted by Gasteiger charge is 2.28. The molecule has 4 rings (SSSR count). The van der Waals surface area contributed by atoms with E-state index in [1.165, 1.54) is 16.7 Å². The summed E-state index contributed by atoms with van der Waals surface area (Å²) in [5.74, 6) is 0.0462. The Morgan fingerprint density at radius 1 is 1.03 bits per heavy atom. The van der Waals surface area contributed by atoms with Crippen LogP contribution in [0.15, 0.2) is 72.8 Å². The smallest absolute Gasteiger partial charge is 0.303 e. The van der Waals surface area contributed by atoms with E-state index in [2.05, 4.69) is 41.3 Å². The van der Waals surface area contributed by atoms with Gasteiger partial charge in [0.05, 0.1) is 12.6 Å². The van der Waals surface area contributed by atoms with E-state index in [4.69, 9.17) is 21.4 Å². The van der Waals surface area contributed by atoms with Gasteiger partial charge < -0.3 is 9.84 Å². The molecule has 1 unspecified atom stereocenters. The molecular formula is C27H28ClNO3. The Hall–Kier alpha value is -2.82. The summed E-state index contributed by atoms with van der Waals surface area (Å²) in [5, 5.41) is 9.56. The van der Waals surface area contributed by atoms with E-state index in [9.17, 15) is 4.79 Å². The van der Waals surface area contributed by atoms with Crippen molar-refractivity contribution in [1.29, 1.82) is 0 Å². The zero-order valence-corrected chi connectivity index (χ0v) is 18.8. The van der Waals surface area contributed by atoms with Gasteiger partial charge >= 0.3 is 5.97 Å². The number of nitrogens with zero attached hydrogens (tertiary/aromatic N) is 1. The van der Waals surface area contributed by atoms with Crippen LogP contribution in [0.3, 0.4) is 0 Å². The number of hydrogen-bond acceptors (Lipinski definition) is 3. The van der Waals surface area contributed by atoms with Crippen LogP contribution in [0.25, 0.3) is 0 Å². The fraction of sp³-hybridized carbons (Fsp3) is 0.296. The van der Waals surface area contributed by atoms with Gasteiger partial charge in [0.15, 0.2) is 0 Å². The summed E-state index contributed by atoms with van der Waals surface area (Å²) in [6, 6.07) is 24.9. The Morgan fingerprint density at radius 2 is 1.78 bits per heavy atom. The number of benzene rings is 3. The number of fused-ring (bicyclic) bond motifs is 1. The molecule has 32 heavy (non-hydrogen) atoms. The zero-order chi connectivity index (χ0) is 22.3. The molecule has 4 nitrogen and oxygen atoms in total. The molecule has 0 saturated carbocycles. The molecule has 1 N–H and O–H groups in total. The van der Waals surface area contributed by atoms with Gasteiger partial charge in [-0.15, -0.1) is 0 Å². The zero-order valence-electron chi connectivity index (χ0n) is 18.0. The first-order chi connectivity index (χ1) is 15.6. The highest BCUT2D eigenvalue weighted by Crippen LogP contribution is 2.35. The number of ether oxygens (including phenoxy) is 1. The van der Waals surface area contributed by atoms with E-state index >= 15 is 0 Å². The van der Waals surface area contributed by atoms with Gasteiger partial charge in [0.25, 0.3) is 0 Å². The number of hydrogen-bond donors (Lipinski definition) is 1. The predicted octanol–water partition coefficient (Wildman–Crippen LogP) is 5.77. The maximum absolute atomic E-state index is 10.7. The van der Waals surface area contributed by atoms with Crippen LogP contribution in [0, 0.1) is 0 Å². The summed E-state index contributed by atoms with van der Waals surface area (Å²) >= 11 is 6.13. The number of carboxylic acids is 1. The van der Waals surface area contributed by atoms with Crippen molar-refractivity contribution in [3.63, 3.8) is 0 Å². The maximum atomic E-state index is 10.7. The Balaban J connectivity index is 1.36. The lowest BCUT2D eigenvalue weighted by atomic mass is 9.88. The number of aryl methyl sites for hydroxylation is 1. The minimum atomic E-state index is -0.775. The average Bonchev–Trinajstić information content (AvgIpc) is 2.81. The molecule has 0 spiro atoms. The number of carbonyl (C=O) groups is 1. The van der Waals surface area contributed by atoms with Crippen molar-refractivity contribution >= 4 is 17.6 Å². The molecule has 5 heteroatoms. The summed E-state index contributed by atoms with van der Waals surface area (Å²) in [5.41, 5.74) is 5.07. The second kappa shape index (κ2) is 10.7. The van der Waals surface area contributed by atoms with Gasteiger partial charge in [-0.05, 0) is 65.8 Å². The van der Waals surface area contributed by atoms with E-state index in [-0.39, 0.29) is 12.5 Å². The molecule has 1 atom stereocenters. The normalized spacial score (nSPS) is 15.8. The summed E-state index contributed by atoms with van der Waals surface area (Å²) in [6.07, 6.45) is 2.66. The van der Waals surface area contributed by atoms with Crippen LogP contribution in [0.4, 0.5) is 0 Å². The average molecular weight is 450 g/mol. The number of rotatable bonds is 9. The van der Waals surface area contributed by atoms with Crippen molar-refractivity contribution in [2.75, 3.05) is 19.7 Å². The SMILES string of the molecule is O=C(O)CCc1ccc(OCCCN2CCc3ccccc3C2c2ccc(Cl)cc2)cc1. The van der Waals surface area contributed by atoms with E-state index in [1.54, 1.807) is 0 Å². The predicted molar refractivity (Wildman–Crippen MR) is 128 cm³/mol. The second-order valence-electron chi connectivity index (χ2n) is 8.18. The first-order valence-electron chi connectivity index (χ1n) is 11.1. The lowest BCUT2D eigenvalue weighted by Gasteiger charge is -2.37. The quantitative estimate of drug-likeness (QED) is 0.421. The molecule has 0 fully saturated rings. The third-order valence-corrected chi connectivity index (χ3v) is 6.23. The van der Waals surface area contributed by atoms with E-state index in [0.29, 0.717) is 13.0 Å². The standard InChI is InChI=1S/C27H28ClNO3/c28-23-11-9-22(10-12-23)27-25-5-2-1-4-21(25)16-18-29(27)17-3-19-32-24-13-6-20(7-14-24)8-15-26(30)31/h1-2,4-7,9-14,27H,3,8,15-19H2,(H,30,31). The number of aliphatic carboxylic acids is 1. The number of carboxylic acid groups (broad SMARTS) is 1. The molecule has 166 valence electrons. The Kier molecular flexibility index (Phi) is 7.46. The van der Waals surface area contributed by atoms with Crippen molar-refractivity contribution in [2.45, 2.75) is 31.7 Å². The summed E-state index contributed by atoms with van der Waals surface area (Å²) < 4.78 is 5.94. The van der Waals surface area contributed by atoms with Gasteiger partial charge in [0.1, 0.15) is 5.75 Å². The summed E-state index contributed by atoms with van der Waals surface area (Å²) in [6.45, 7) is 2.60. The molecule has 0 amide bonds. The van der Waals surface area contributed by atoms with E-state index in [1.807, 2.05) is 36.4 Å². The maximum Gasteiger partial charge on any atom is 0.303 e. The van der Waals surface area contributed by atoms with Crippen LogP contribution < -0.4 is 4.74 Å². The monoisotopic (exact) mass is 449 g/mol. The van der Waals surface area contributed by atoms with Gasteiger partial charge in [-0.3, -0.25) is 9.69 Å².